The number of ether oxygens (including phenoxy) is 1. The third-order valence-electron chi connectivity index (χ3n) is 1.62. The molecule has 0 saturated heterocycles. The van der Waals surface area contributed by atoms with Crippen LogP contribution in [0.15, 0.2) is 22.9 Å². The Balaban J connectivity index is -0.000000656. The van der Waals surface area contributed by atoms with E-state index in [1.807, 2.05) is 62.3 Å². The third-order valence-corrected chi connectivity index (χ3v) is 2.26. The van der Waals surface area contributed by atoms with Crippen LogP contribution in [-0.4, -0.2) is 16.6 Å². The molecule has 3 nitrogen and oxygen atoms in total. The number of hydrogen-bond donors (Lipinski definition) is 1. The maximum absolute atomic E-state index is 11.9. The van der Waals surface area contributed by atoms with Crippen LogP contribution >= 0.6 is 12.6 Å². The van der Waals surface area contributed by atoms with E-state index in [9.17, 15) is 4.79 Å². The molecule has 4 heteroatoms. The molecule has 0 fully saturated rings. The number of amides is 1. The Hall–Kier alpha value is -0.900. The summed E-state index contributed by atoms with van der Waals surface area (Å²) in [5, 5.41) is 0.557. The van der Waals surface area contributed by atoms with Gasteiger partial charge in [0.2, 0.25) is 0 Å². The quantitative estimate of drug-likeness (QED) is 0.635. The summed E-state index contributed by atoms with van der Waals surface area (Å²) in [5.41, 5.74) is 0.984. The van der Waals surface area contributed by atoms with Crippen molar-refractivity contribution < 1.29 is 9.53 Å². The van der Waals surface area contributed by atoms with Crippen LogP contribution < -0.4 is 0 Å². The average Bonchev–Trinajstić information content (AvgIpc) is 2.31. The number of allylic oxidation sites excluding steroid dienone is 2. The highest BCUT2D eigenvalue weighted by Gasteiger charge is 2.24. The molecular formula is C16H33NO2S. The van der Waals surface area contributed by atoms with Gasteiger partial charge >= 0.3 is 6.09 Å². The maximum Gasteiger partial charge on any atom is 0.419 e. The van der Waals surface area contributed by atoms with Crippen LogP contribution in [0.3, 0.4) is 0 Å². The zero-order chi connectivity index (χ0) is 17.1. The van der Waals surface area contributed by atoms with Crippen molar-refractivity contribution in [2.75, 3.05) is 0 Å². The largest absolute Gasteiger partial charge is 0.443 e. The molecule has 0 unspecified atom stereocenters. The first kappa shape index (κ1) is 24.1. The van der Waals surface area contributed by atoms with Crippen LogP contribution in [-0.2, 0) is 4.74 Å². The maximum atomic E-state index is 11.9. The van der Waals surface area contributed by atoms with Gasteiger partial charge in [0.1, 0.15) is 5.60 Å². The molecule has 0 rings (SSSR count). The molecule has 0 aliphatic heterocycles. The Labute approximate surface area is 131 Å². The average molecular weight is 304 g/mol. The number of thiol groups is 1. The minimum absolute atomic E-state index is 0.453. The van der Waals surface area contributed by atoms with Crippen molar-refractivity contribution >= 4 is 18.7 Å². The Morgan fingerprint density at radius 1 is 1.05 bits per heavy atom. The van der Waals surface area contributed by atoms with Gasteiger partial charge in [0, 0.05) is 5.70 Å². The Morgan fingerprint density at radius 3 is 1.60 bits per heavy atom. The van der Waals surface area contributed by atoms with E-state index in [-0.39, 0.29) is 0 Å². The highest BCUT2D eigenvalue weighted by molar-refractivity contribution is 7.84. The minimum Gasteiger partial charge on any atom is -0.443 e. The van der Waals surface area contributed by atoms with Crippen molar-refractivity contribution in [1.82, 2.24) is 4.90 Å². The normalized spacial score (nSPS) is 9.15. The number of carbonyl (C=O) groups excluding carboxylic acids is 1. The molecule has 0 heterocycles. The topological polar surface area (TPSA) is 29.5 Å². The molecule has 0 aromatic rings. The van der Waals surface area contributed by atoms with Crippen LogP contribution in [0.25, 0.3) is 0 Å². The highest BCUT2D eigenvalue weighted by Crippen LogP contribution is 2.22. The van der Waals surface area contributed by atoms with E-state index in [2.05, 4.69) is 19.2 Å². The fourth-order valence-electron chi connectivity index (χ4n) is 0.954. The molecule has 0 aliphatic carbocycles. The smallest absolute Gasteiger partial charge is 0.419 e. The standard InChI is InChI=1S/C12H21NO2S.2C2H6/c1-8(2)10(16)13(9(3)4)11(14)15-12(5,6)7;2*1-2/h16H,3H2,1-2,4-7H3;2*1-2H3. The second-order valence-electron chi connectivity index (χ2n) is 4.87. The molecule has 20 heavy (non-hydrogen) atoms. The molecule has 0 radical (unpaired) electrons. The Kier molecular flexibility index (Phi) is 14.3. The van der Waals surface area contributed by atoms with Crippen LogP contribution in [0.2, 0.25) is 0 Å². The fraction of sp³-hybridized carbons (Fsp3) is 0.688. The SMILES string of the molecule is C=C(C)N(C(=O)OC(C)(C)C)C(S)=C(C)C.CC.CC. The van der Waals surface area contributed by atoms with E-state index in [4.69, 9.17) is 4.74 Å². The van der Waals surface area contributed by atoms with Crippen molar-refractivity contribution in [2.24, 2.45) is 0 Å². The summed E-state index contributed by atoms with van der Waals surface area (Å²) in [6.07, 6.45) is -0.453. The highest BCUT2D eigenvalue weighted by atomic mass is 32.1. The van der Waals surface area contributed by atoms with E-state index < -0.39 is 11.7 Å². The summed E-state index contributed by atoms with van der Waals surface area (Å²) in [6, 6.07) is 0. The van der Waals surface area contributed by atoms with E-state index in [1.54, 1.807) is 6.92 Å². The summed E-state index contributed by atoms with van der Waals surface area (Å²) in [4.78, 5) is 13.3. The summed E-state index contributed by atoms with van der Waals surface area (Å²) < 4.78 is 5.28. The molecule has 0 saturated carbocycles. The molecule has 0 bridgehead atoms. The first-order valence-electron chi connectivity index (χ1n) is 7.11. The van der Waals surface area contributed by atoms with Crippen LogP contribution in [0.1, 0.15) is 69.2 Å². The summed E-state index contributed by atoms with van der Waals surface area (Å²) in [5.74, 6) is 0. The molecule has 1 amide bonds. The zero-order valence-corrected chi connectivity index (χ0v) is 15.8. The second-order valence-corrected chi connectivity index (χ2v) is 5.30. The molecule has 0 atom stereocenters. The molecule has 0 aliphatic rings. The molecule has 0 aromatic heterocycles. The molecule has 0 N–H and O–H groups in total. The van der Waals surface area contributed by atoms with E-state index in [1.165, 1.54) is 4.90 Å². The van der Waals surface area contributed by atoms with Crippen molar-refractivity contribution in [3.63, 3.8) is 0 Å². The summed E-state index contributed by atoms with van der Waals surface area (Å²) in [7, 11) is 0. The molecule has 120 valence electrons. The van der Waals surface area contributed by atoms with E-state index in [0.717, 1.165) is 5.57 Å². The van der Waals surface area contributed by atoms with E-state index in [0.29, 0.717) is 10.7 Å². The second kappa shape index (κ2) is 11.9. The molecule has 0 aromatic carbocycles. The van der Waals surface area contributed by atoms with Crippen molar-refractivity contribution in [1.29, 1.82) is 0 Å². The first-order valence-corrected chi connectivity index (χ1v) is 7.56. The van der Waals surface area contributed by atoms with Gasteiger partial charge in [-0.1, -0.05) is 34.3 Å². The predicted octanol–water partition coefficient (Wildman–Crippen LogP) is 5.99. The Bertz CT molecular complexity index is 324. The van der Waals surface area contributed by atoms with Crippen LogP contribution in [0, 0.1) is 0 Å². The van der Waals surface area contributed by atoms with Crippen molar-refractivity contribution in [2.45, 2.75) is 74.8 Å². The summed E-state index contributed by atoms with van der Waals surface area (Å²) >= 11 is 4.29. The fourth-order valence-corrected chi connectivity index (χ4v) is 1.21. The van der Waals surface area contributed by atoms with Gasteiger partial charge in [0.15, 0.2) is 0 Å². The lowest BCUT2D eigenvalue weighted by molar-refractivity contribution is 0.0378. The molecular weight excluding hydrogens is 270 g/mol. The number of rotatable bonds is 2. The number of nitrogens with zero attached hydrogens (tertiary/aromatic N) is 1. The van der Waals surface area contributed by atoms with Crippen molar-refractivity contribution in [3.8, 4) is 0 Å². The predicted molar refractivity (Wildman–Crippen MR) is 92.9 cm³/mol. The third kappa shape index (κ3) is 11.0. The Morgan fingerprint density at radius 2 is 1.40 bits per heavy atom. The van der Waals surface area contributed by atoms with Crippen molar-refractivity contribution in [3.05, 3.63) is 22.9 Å². The van der Waals surface area contributed by atoms with Gasteiger partial charge in [0.05, 0.1) is 5.03 Å². The van der Waals surface area contributed by atoms with Gasteiger partial charge in [-0.05, 0) is 47.1 Å². The van der Waals surface area contributed by atoms with Gasteiger partial charge in [-0.25, -0.2) is 9.69 Å². The monoisotopic (exact) mass is 303 g/mol. The lowest BCUT2D eigenvalue weighted by Gasteiger charge is -2.28. The van der Waals surface area contributed by atoms with Gasteiger partial charge in [-0.3, -0.25) is 0 Å². The van der Waals surface area contributed by atoms with Crippen LogP contribution in [0.5, 0.6) is 0 Å². The lowest BCUT2D eigenvalue weighted by atomic mass is 10.2. The van der Waals surface area contributed by atoms with Crippen LogP contribution in [0.4, 0.5) is 4.79 Å². The zero-order valence-electron chi connectivity index (χ0n) is 14.9. The van der Waals surface area contributed by atoms with Gasteiger partial charge in [-0.2, -0.15) is 0 Å². The molecule has 0 spiro atoms. The van der Waals surface area contributed by atoms with Gasteiger partial charge < -0.3 is 4.74 Å². The number of hydrogen-bond acceptors (Lipinski definition) is 3. The minimum atomic E-state index is -0.527. The first-order chi connectivity index (χ1) is 9.06. The summed E-state index contributed by atoms with van der Waals surface area (Å²) in [6.45, 7) is 22.7. The van der Waals surface area contributed by atoms with Gasteiger partial charge in [0.25, 0.3) is 0 Å². The number of carbonyl (C=O) groups is 1. The van der Waals surface area contributed by atoms with Gasteiger partial charge in [-0.15, -0.1) is 12.6 Å². The van der Waals surface area contributed by atoms with E-state index >= 15 is 0 Å². The lowest BCUT2D eigenvalue weighted by Crippen LogP contribution is -2.34.